The van der Waals surface area contributed by atoms with E-state index in [0.717, 1.165) is 24.2 Å². The fourth-order valence-electron chi connectivity index (χ4n) is 5.40. The van der Waals surface area contributed by atoms with Gasteiger partial charge in [0.05, 0.1) is 11.7 Å². The molecule has 0 spiro atoms. The van der Waals surface area contributed by atoms with Crippen molar-refractivity contribution < 1.29 is 9.47 Å². The average molecular weight is 292 g/mol. The molecule has 1 unspecified atom stereocenters. The summed E-state index contributed by atoms with van der Waals surface area (Å²) in [5.41, 5.74) is 1.50. The molecule has 0 bridgehead atoms. The van der Waals surface area contributed by atoms with Crippen LogP contribution in [0.15, 0.2) is 11.6 Å². The molecule has 2 aliphatic carbocycles. The first kappa shape index (κ1) is 15.6. The second kappa shape index (κ2) is 5.09. The van der Waals surface area contributed by atoms with Crippen LogP contribution in [0.25, 0.3) is 0 Å². The summed E-state index contributed by atoms with van der Waals surface area (Å²) < 4.78 is 12.7. The van der Waals surface area contributed by atoms with Crippen molar-refractivity contribution in [1.82, 2.24) is 0 Å². The van der Waals surface area contributed by atoms with Crippen molar-refractivity contribution in [3.05, 3.63) is 11.6 Å². The Labute approximate surface area is 130 Å². The first-order valence-electron chi connectivity index (χ1n) is 8.69. The van der Waals surface area contributed by atoms with Crippen LogP contribution < -0.4 is 0 Å². The molecule has 1 saturated heterocycles. The molecule has 21 heavy (non-hydrogen) atoms. The highest BCUT2D eigenvalue weighted by Gasteiger charge is 2.56. The zero-order chi connectivity index (χ0) is 15.4. The molecule has 2 heteroatoms. The summed E-state index contributed by atoms with van der Waals surface area (Å²) in [4.78, 5) is 0. The van der Waals surface area contributed by atoms with Crippen LogP contribution in [-0.2, 0) is 9.47 Å². The molecule has 0 N–H and O–H groups in total. The van der Waals surface area contributed by atoms with Gasteiger partial charge < -0.3 is 9.47 Å². The van der Waals surface area contributed by atoms with Crippen LogP contribution >= 0.6 is 0 Å². The van der Waals surface area contributed by atoms with Crippen LogP contribution in [0.1, 0.15) is 67.2 Å². The molecule has 0 aromatic rings. The van der Waals surface area contributed by atoms with Gasteiger partial charge in [-0.2, -0.15) is 0 Å². The summed E-state index contributed by atoms with van der Waals surface area (Å²) in [7, 11) is 0. The standard InChI is InChI=1S/C19H32O2/c1-12(2)9-17-20-16-10-14-13(3)7-8-15(14)18(4,5)11-19(16,6)21-17/h9,13-17H,7-8,10-11H2,1-6H3/t13-,14?,15-,16+,17-,19-/m1/s1. The van der Waals surface area contributed by atoms with Crippen molar-refractivity contribution in [3.63, 3.8) is 0 Å². The molecule has 2 saturated carbocycles. The Morgan fingerprint density at radius 3 is 2.52 bits per heavy atom. The molecular weight excluding hydrogens is 260 g/mol. The number of fused-ring (bicyclic) bond motifs is 2. The Kier molecular flexibility index (Phi) is 3.77. The molecule has 0 amide bonds. The van der Waals surface area contributed by atoms with Crippen molar-refractivity contribution in [2.75, 3.05) is 0 Å². The van der Waals surface area contributed by atoms with E-state index in [1.165, 1.54) is 24.8 Å². The first-order valence-corrected chi connectivity index (χ1v) is 8.69. The SMILES string of the molecule is CC(C)=C[C@@H]1O[C@H]2CC3[C@H](C)CC[C@H]3C(C)(C)C[C@@]2(C)O1. The number of hydrogen-bond donors (Lipinski definition) is 0. The molecule has 3 fully saturated rings. The lowest BCUT2D eigenvalue weighted by Gasteiger charge is -2.38. The molecule has 0 aromatic carbocycles. The van der Waals surface area contributed by atoms with E-state index in [4.69, 9.17) is 9.47 Å². The second-order valence-electron chi connectivity index (χ2n) is 8.89. The molecule has 1 aliphatic heterocycles. The van der Waals surface area contributed by atoms with Crippen LogP contribution in [0.4, 0.5) is 0 Å². The number of allylic oxidation sites excluding steroid dienone is 1. The minimum absolute atomic E-state index is 0.121. The lowest BCUT2D eigenvalue weighted by molar-refractivity contribution is -0.0733. The van der Waals surface area contributed by atoms with Gasteiger partial charge in [0.25, 0.3) is 0 Å². The van der Waals surface area contributed by atoms with E-state index in [0.29, 0.717) is 5.41 Å². The van der Waals surface area contributed by atoms with Crippen LogP contribution in [0, 0.1) is 23.2 Å². The van der Waals surface area contributed by atoms with Gasteiger partial charge in [0.2, 0.25) is 0 Å². The van der Waals surface area contributed by atoms with Gasteiger partial charge in [-0.05, 0) is 69.3 Å². The summed E-state index contributed by atoms with van der Waals surface area (Å²) in [6.45, 7) is 13.9. The molecule has 0 aromatic heterocycles. The van der Waals surface area contributed by atoms with Crippen molar-refractivity contribution in [3.8, 4) is 0 Å². The number of hydrogen-bond acceptors (Lipinski definition) is 2. The largest absolute Gasteiger partial charge is 0.343 e. The Morgan fingerprint density at radius 2 is 1.86 bits per heavy atom. The van der Waals surface area contributed by atoms with Crippen molar-refractivity contribution in [2.24, 2.45) is 23.2 Å². The molecule has 3 aliphatic rings. The molecular formula is C19H32O2. The highest BCUT2D eigenvalue weighted by atomic mass is 16.7. The van der Waals surface area contributed by atoms with Gasteiger partial charge in [-0.15, -0.1) is 0 Å². The Balaban J connectivity index is 1.88. The highest BCUT2D eigenvalue weighted by Crippen LogP contribution is 2.57. The maximum Gasteiger partial charge on any atom is 0.178 e. The average Bonchev–Trinajstić information content (AvgIpc) is 2.78. The fraction of sp³-hybridized carbons (Fsp3) is 0.895. The van der Waals surface area contributed by atoms with Crippen LogP contribution in [0.3, 0.4) is 0 Å². The van der Waals surface area contributed by atoms with Gasteiger partial charge in [0.15, 0.2) is 6.29 Å². The second-order valence-corrected chi connectivity index (χ2v) is 8.89. The van der Waals surface area contributed by atoms with Gasteiger partial charge in [-0.3, -0.25) is 0 Å². The minimum Gasteiger partial charge on any atom is -0.343 e. The maximum atomic E-state index is 6.38. The number of rotatable bonds is 1. The van der Waals surface area contributed by atoms with E-state index in [2.05, 4.69) is 47.6 Å². The van der Waals surface area contributed by atoms with Crippen LogP contribution in [-0.4, -0.2) is 18.0 Å². The van der Waals surface area contributed by atoms with E-state index >= 15 is 0 Å². The zero-order valence-corrected chi connectivity index (χ0v) is 14.6. The van der Waals surface area contributed by atoms with Gasteiger partial charge in [0.1, 0.15) is 0 Å². The highest BCUT2D eigenvalue weighted by molar-refractivity contribution is 5.07. The van der Waals surface area contributed by atoms with Crippen LogP contribution in [0.2, 0.25) is 0 Å². The minimum atomic E-state index is -0.144. The molecule has 0 radical (unpaired) electrons. The van der Waals surface area contributed by atoms with E-state index in [1.54, 1.807) is 0 Å². The van der Waals surface area contributed by atoms with Crippen molar-refractivity contribution in [2.45, 2.75) is 85.2 Å². The zero-order valence-electron chi connectivity index (χ0n) is 14.6. The lowest BCUT2D eigenvalue weighted by Crippen LogP contribution is -2.39. The lowest BCUT2D eigenvalue weighted by atomic mass is 9.70. The Morgan fingerprint density at radius 1 is 1.14 bits per heavy atom. The molecule has 3 rings (SSSR count). The van der Waals surface area contributed by atoms with Gasteiger partial charge in [0, 0.05) is 0 Å². The third-order valence-corrected chi connectivity index (χ3v) is 6.31. The van der Waals surface area contributed by atoms with E-state index in [-0.39, 0.29) is 18.0 Å². The van der Waals surface area contributed by atoms with Crippen molar-refractivity contribution in [1.29, 1.82) is 0 Å². The normalized spacial score (nSPS) is 48.4. The van der Waals surface area contributed by atoms with Crippen molar-refractivity contribution >= 4 is 0 Å². The quantitative estimate of drug-likeness (QED) is 0.638. The fourth-order valence-corrected chi connectivity index (χ4v) is 5.40. The van der Waals surface area contributed by atoms with E-state index in [9.17, 15) is 0 Å². The Bertz CT molecular complexity index is 435. The topological polar surface area (TPSA) is 18.5 Å². The molecule has 120 valence electrons. The van der Waals surface area contributed by atoms with E-state index < -0.39 is 0 Å². The van der Waals surface area contributed by atoms with Gasteiger partial charge in [-0.1, -0.05) is 32.8 Å². The Hall–Kier alpha value is -0.340. The number of ether oxygens (including phenoxy) is 2. The summed E-state index contributed by atoms with van der Waals surface area (Å²) in [6, 6.07) is 0. The summed E-state index contributed by atoms with van der Waals surface area (Å²) in [5, 5.41) is 0. The monoisotopic (exact) mass is 292 g/mol. The predicted molar refractivity (Wildman–Crippen MR) is 86.0 cm³/mol. The van der Waals surface area contributed by atoms with Gasteiger partial charge >= 0.3 is 0 Å². The third-order valence-electron chi connectivity index (χ3n) is 6.31. The van der Waals surface area contributed by atoms with E-state index in [1.807, 2.05) is 0 Å². The smallest absolute Gasteiger partial charge is 0.178 e. The summed E-state index contributed by atoms with van der Waals surface area (Å²) >= 11 is 0. The van der Waals surface area contributed by atoms with Gasteiger partial charge in [-0.25, -0.2) is 0 Å². The first-order chi connectivity index (χ1) is 9.71. The third kappa shape index (κ3) is 2.70. The predicted octanol–water partition coefficient (Wildman–Crippen LogP) is 4.94. The van der Waals surface area contributed by atoms with Crippen LogP contribution in [0.5, 0.6) is 0 Å². The molecule has 2 nitrogen and oxygen atoms in total. The maximum absolute atomic E-state index is 6.38. The summed E-state index contributed by atoms with van der Waals surface area (Å²) in [5.74, 6) is 2.48. The molecule has 1 heterocycles. The molecule has 6 atom stereocenters. The summed E-state index contributed by atoms with van der Waals surface area (Å²) in [6.07, 6.45) is 7.31.